The minimum Gasteiger partial charge on any atom is -0.381 e. The Labute approximate surface area is 121 Å². The summed E-state index contributed by atoms with van der Waals surface area (Å²) in [4.78, 5) is 0.393. The maximum Gasteiger partial charge on any atom is 0.180 e. The zero-order chi connectivity index (χ0) is 14.3. The van der Waals surface area contributed by atoms with Crippen LogP contribution in [0.4, 0.5) is 5.69 Å². The summed E-state index contributed by atoms with van der Waals surface area (Å²) in [6.07, 6.45) is 2.35. The first-order valence-corrected chi connectivity index (χ1v) is 8.88. The Hall–Kier alpha value is -0.740. The van der Waals surface area contributed by atoms with Gasteiger partial charge in [0.15, 0.2) is 9.84 Å². The first-order valence-electron chi connectivity index (χ1n) is 6.69. The molecular formula is C14H22ClNO2S. The van der Waals surface area contributed by atoms with Gasteiger partial charge in [-0.15, -0.1) is 11.6 Å². The number of hydrogen-bond donors (Lipinski definition) is 1. The number of alkyl halides is 1. The highest BCUT2D eigenvalue weighted by Gasteiger charge is 2.18. The molecule has 19 heavy (non-hydrogen) atoms. The molecule has 1 aromatic rings. The van der Waals surface area contributed by atoms with Gasteiger partial charge in [0.05, 0.1) is 16.3 Å². The average Bonchev–Trinajstić information content (AvgIpc) is 2.38. The van der Waals surface area contributed by atoms with E-state index >= 15 is 0 Å². The number of nitrogens with one attached hydrogen (secondary N) is 1. The molecule has 1 atom stereocenters. The lowest BCUT2D eigenvalue weighted by molar-refractivity contribution is 0.594. The Bertz CT molecular complexity index is 488. The monoisotopic (exact) mass is 303 g/mol. The molecule has 0 aliphatic carbocycles. The molecule has 0 saturated carbocycles. The maximum atomic E-state index is 12.2. The van der Waals surface area contributed by atoms with E-state index in [1.54, 1.807) is 12.1 Å². The van der Waals surface area contributed by atoms with Crippen LogP contribution in [0.5, 0.6) is 0 Å². The third-order valence-electron chi connectivity index (χ3n) is 3.00. The Morgan fingerprint density at radius 3 is 2.53 bits per heavy atom. The number of sulfone groups is 1. The molecule has 0 bridgehead atoms. The highest BCUT2D eigenvalue weighted by Crippen LogP contribution is 2.24. The molecule has 1 N–H and O–H groups in total. The van der Waals surface area contributed by atoms with E-state index in [-0.39, 0.29) is 11.8 Å². The predicted octanol–water partition coefficient (Wildman–Crippen LogP) is 3.69. The van der Waals surface area contributed by atoms with Gasteiger partial charge in [-0.2, -0.15) is 0 Å². The van der Waals surface area contributed by atoms with E-state index in [9.17, 15) is 8.42 Å². The third-order valence-corrected chi connectivity index (χ3v) is 5.20. The van der Waals surface area contributed by atoms with Crippen molar-refractivity contribution >= 4 is 27.1 Å². The van der Waals surface area contributed by atoms with E-state index in [4.69, 9.17) is 11.6 Å². The van der Waals surface area contributed by atoms with Gasteiger partial charge in [-0.05, 0) is 31.4 Å². The molecule has 108 valence electrons. The smallest absolute Gasteiger partial charge is 0.180 e. The topological polar surface area (TPSA) is 46.2 Å². The summed E-state index contributed by atoms with van der Waals surface area (Å²) in [7, 11) is -3.21. The van der Waals surface area contributed by atoms with Crippen molar-refractivity contribution in [2.45, 2.75) is 44.0 Å². The van der Waals surface area contributed by atoms with Crippen molar-refractivity contribution in [3.8, 4) is 0 Å². The van der Waals surface area contributed by atoms with Gasteiger partial charge in [-0.25, -0.2) is 8.42 Å². The summed E-state index contributed by atoms with van der Waals surface area (Å²) >= 11 is 5.76. The molecule has 0 aliphatic heterocycles. The molecule has 3 nitrogen and oxygen atoms in total. The van der Waals surface area contributed by atoms with Crippen molar-refractivity contribution in [1.82, 2.24) is 0 Å². The van der Waals surface area contributed by atoms with Crippen LogP contribution in [0.15, 0.2) is 29.2 Å². The number of benzene rings is 1. The van der Waals surface area contributed by atoms with E-state index in [1.165, 1.54) is 0 Å². The molecule has 0 saturated heterocycles. The first-order chi connectivity index (χ1) is 9.05. The standard InChI is InChI=1S/C14H22ClNO2S/c1-3-11-19(17,18)14-8-6-5-7-13(14)16-12(4-2)9-10-15/h5-8,12,16H,3-4,9-11H2,1-2H3. The van der Waals surface area contributed by atoms with Crippen LogP contribution in [0.25, 0.3) is 0 Å². The van der Waals surface area contributed by atoms with Gasteiger partial charge >= 0.3 is 0 Å². The Balaban J connectivity index is 3.02. The lowest BCUT2D eigenvalue weighted by Gasteiger charge is -2.19. The van der Waals surface area contributed by atoms with E-state index in [1.807, 2.05) is 19.1 Å². The van der Waals surface area contributed by atoms with E-state index in [0.717, 1.165) is 12.8 Å². The van der Waals surface area contributed by atoms with Gasteiger partial charge < -0.3 is 5.32 Å². The number of halogens is 1. The molecule has 0 aliphatic rings. The fraction of sp³-hybridized carbons (Fsp3) is 0.571. The highest BCUT2D eigenvalue weighted by molar-refractivity contribution is 7.91. The molecule has 0 radical (unpaired) electrons. The molecule has 0 heterocycles. The van der Waals surface area contributed by atoms with Gasteiger partial charge in [-0.3, -0.25) is 0 Å². The number of para-hydroxylation sites is 1. The van der Waals surface area contributed by atoms with Crippen LogP contribution in [0.3, 0.4) is 0 Å². The van der Waals surface area contributed by atoms with Crippen molar-refractivity contribution in [2.75, 3.05) is 16.9 Å². The second-order valence-corrected chi connectivity index (χ2v) is 7.00. The molecule has 0 fully saturated rings. The van der Waals surface area contributed by atoms with Crippen LogP contribution in [0, 0.1) is 0 Å². The van der Waals surface area contributed by atoms with E-state index < -0.39 is 9.84 Å². The van der Waals surface area contributed by atoms with Crippen molar-refractivity contribution in [3.05, 3.63) is 24.3 Å². The quantitative estimate of drug-likeness (QED) is 0.745. The molecule has 0 spiro atoms. The largest absolute Gasteiger partial charge is 0.381 e. The predicted molar refractivity (Wildman–Crippen MR) is 81.8 cm³/mol. The lowest BCUT2D eigenvalue weighted by Crippen LogP contribution is -2.21. The molecule has 5 heteroatoms. The molecule has 1 unspecified atom stereocenters. The summed E-state index contributed by atoms with van der Waals surface area (Å²) in [5, 5.41) is 3.30. The van der Waals surface area contributed by atoms with Crippen LogP contribution in [-0.2, 0) is 9.84 Å². The van der Waals surface area contributed by atoms with Crippen molar-refractivity contribution in [1.29, 1.82) is 0 Å². The number of hydrogen-bond acceptors (Lipinski definition) is 3. The fourth-order valence-electron chi connectivity index (χ4n) is 1.97. The van der Waals surface area contributed by atoms with E-state index in [2.05, 4.69) is 12.2 Å². The normalized spacial score (nSPS) is 13.2. The second-order valence-electron chi connectivity index (χ2n) is 4.54. The van der Waals surface area contributed by atoms with Gasteiger partial charge in [0.1, 0.15) is 0 Å². The summed E-state index contributed by atoms with van der Waals surface area (Å²) in [5.41, 5.74) is 0.688. The van der Waals surface area contributed by atoms with Gasteiger partial charge in [-0.1, -0.05) is 26.0 Å². The summed E-state index contributed by atoms with van der Waals surface area (Å²) in [6.45, 7) is 3.93. The molecule has 1 aromatic carbocycles. The molecule has 1 rings (SSSR count). The molecule has 0 aromatic heterocycles. The van der Waals surface area contributed by atoms with Crippen molar-refractivity contribution in [2.24, 2.45) is 0 Å². The summed E-state index contributed by atoms with van der Waals surface area (Å²) in [6, 6.07) is 7.30. The number of anilines is 1. The van der Waals surface area contributed by atoms with Crippen LogP contribution in [0.1, 0.15) is 33.1 Å². The van der Waals surface area contributed by atoms with Gasteiger partial charge in [0, 0.05) is 11.9 Å². The summed E-state index contributed by atoms with van der Waals surface area (Å²) in [5.74, 6) is 0.743. The highest BCUT2D eigenvalue weighted by atomic mass is 35.5. The summed E-state index contributed by atoms with van der Waals surface area (Å²) < 4.78 is 24.4. The third kappa shape index (κ3) is 4.69. The zero-order valence-corrected chi connectivity index (χ0v) is 13.1. The second kappa shape index (κ2) is 7.75. The maximum absolute atomic E-state index is 12.2. The van der Waals surface area contributed by atoms with Crippen LogP contribution in [-0.4, -0.2) is 26.1 Å². The van der Waals surface area contributed by atoms with Crippen molar-refractivity contribution < 1.29 is 8.42 Å². The average molecular weight is 304 g/mol. The molecule has 0 amide bonds. The van der Waals surface area contributed by atoms with Crippen LogP contribution in [0.2, 0.25) is 0 Å². The number of rotatable bonds is 8. The lowest BCUT2D eigenvalue weighted by atomic mass is 10.1. The first kappa shape index (κ1) is 16.3. The van der Waals surface area contributed by atoms with E-state index in [0.29, 0.717) is 22.9 Å². The Morgan fingerprint density at radius 2 is 1.95 bits per heavy atom. The van der Waals surface area contributed by atoms with Crippen LogP contribution >= 0.6 is 11.6 Å². The minimum absolute atomic E-state index is 0.179. The SMILES string of the molecule is CCCS(=O)(=O)c1ccccc1NC(CC)CCCl. The van der Waals surface area contributed by atoms with Crippen LogP contribution < -0.4 is 5.32 Å². The fourth-order valence-corrected chi connectivity index (χ4v) is 3.73. The Kier molecular flexibility index (Phi) is 6.66. The minimum atomic E-state index is -3.21. The van der Waals surface area contributed by atoms with Gasteiger partial charge in [0.25, 0.3) is 0 Å². The van der Waals surface area contributed by atoms with Crippen molar-refractivity contribution in [3.63, 3.8) is 0 Å². The molecular weight excluding hydrogens is 282 g/mol. The van der Waals surface area contributed by atoms with Gasteiger partial charge in [0.2, 0.25) is 0 Å². The zero-order valence-electron chi connectivity index (χ0n) is 11.5. The Morgan fingerprint density at radius 1 is 1.26 bits per heavy atom.